The van der Waals surface area contributed by atoms with Gasteiger partial charge in [0.2, 0.25) is 0 Å². The van der Waals surface area contributed by atoms with Crippen molar-refractivity contribution in [1.82, 2.24) is 10.0 Å². The number of allylic oxidation sites excluding steroid dienone is 4. The average Bonchev–Trinajstić information content (AvgIpc) is 3.38. The number of benzene rings is 1. The fourth-order valence-corrected chi connectivity index (χ4v) is 5.86. The van der Waals surface area contributed by atoms with Crippen LogP contribution in [0.1, 0.15) is 55.8 Å². The fourth-order valence-electron chi connectivity index (χ4n) is 4.28. The molecule has 1 heterocycles. The largest absolute Gasteiger partial charge is 0.497 e. The van der Waals surface area contributed by atoms with E-state index in [1.54, 1.807) is 6.07 Å². The maximum atomic E-state index is 13.3. The van der Waals surface area contributed by atoms with Crippen LogP contribution in [-0.2, 0) is 9.92 Å². The number of hydrogen-bond acceptors (Lipinski definition) is 4. The number of methoxy groups -OCH3 is 1. The van der Waals surface area contributed by atoms with E-state index in [1.165, 1.54) is 24.8 Å². The second-order valence-corrected chi connectivity index (χ2v) is 9.64. The van der Waals surface area contributed by atoms with Gasteiger partial charge in [0.05, 0.1) is 17.6 Å². The van der Waals surface area contributed by atoms with Gasteiger partial charge in [0, 0.05) is 5.70 Å². The minimum atomic E-state index is -3.41. The maximum absolute atomic E-state index is 13.3. The number of amides is 3. The van der Waals surface area contributed by atoms with Crippen molar-refractivity contribution >= 4 is 21.9 Å². The highest BCUT2D eigenvalue weighted by Gasteiger charge is 2.32. The molecule has 4 rings (SSSR count). The molecule has 1 aromatic rings. The van der Waals surface area contributed by atoms with Crippen LogP contribution >= 0.6 is 0 Å². The summed E-state index contributed by atoms with van der Waals surface area (Å²) in [5, 5.41) is 2.92. The van der Waals surface area contributed by atoms with Gasteiger partial charge < -0.3 is 10.1 Å². The Balaban J connectivity index is 1.64. The molecule has 2 N–H and O–H groups in total. The number of hydrogen-bond donors (Lipinski definition) is 2. The molecular weight excluding hydrogens is 402 g/mol. The number of fused-ring (bicyclic) bond motifs is 1. The summed E-state index contributed by atoms with van der Waals surface area (Å²) in [5.74, 6) is -0.174. The first-order valence-corrected chi connectivity index (χ1v) is 11.5. The Hall–Kier alpha value is -2.87. The van der Waals surface area contributed by atoms with Gasteiger partial charge in [-0.15, -0.1) is 4.36 Å². The second-order valence-electron chi connectivity index (χ2n) is 7.76. The van der Waals surface area contributed by atoms with Crippen molar-refractivity contribution in [2.24, 2.45) is 4.36 Å². The first-order valence-electron chi connectivity index (χ1n) is 10.0. The Morgan fingerprint density at radius 3 is 2.60 bits per heavy atom. The van der Waals surface area contributed by atoms with Crippen LogP contribution in [0.3, 0.4) is 0 Å². The molecule has 0 saturated heterocycles. The second kappa shape index (κ2) is 7.75. The summed E-state index contributed by atoms with van der Waals surface area (Å²) >= 11 is 0. The lowest BCUT2D eigenvalue weighted by atomic mass is 10.0. The van der Waals surface area contributed by atoms with E-state index in [2.05, 4.69) is 27.9 Å². The van der Waals surface area contributed by atoms with Crippen LogP contribution in [0.15, 0.2) is 62.0 Å². The maximum Gasteiger partial charge on any atom is 0.331 e. The van der Waals surface area contributed by atoms with Crippen molar-refractivity contribution in [2.75, 3.05) is 7.11 Å². The van der Waals surface area contributed by atoms with E-state index >= 15 is 0 Å². The lowest BCUT2D eigenvalue weighted by Crippen LogP contribution is -2.39. The van der Waals surface area contributed by atoms with Gasteiger partial charge in [-0.05, 0) is 80.4 Å². The molecule has 1 aliphatic heterocycles. The number of nitrogens with one attached hydrogen (secondary N) is 2. The summed E-state index contributed by atoms with van der Waals surface area (Å²) in [6.07, 6.45) is 5.69. The number of nitrogens with zero attached hydrogens (tertiary/aromatic N) is 1. The summed E-state index contributed by atoms with van der Waals surface area (Å²) in [5.41, 5.74) is 5.41. The van der Waals surface area contributed by atoms with Crippen LogP contribution in [-0.4, -0.2) is 23.3 Å². The van der Waals surface area contributed by atoms with E-state index in [4.69, 9.17) is 4.74 Å². The van der Waals surface area contributed by atoms with Crippen LogP contribution in [0, 0.1) is 0 Å². The van der Waals surface area contributed by atoms with Gasteiger partial charge in [-0.1, -0.05) is 12.2 Å². The Morgan fingerprint density at radius 2 is 1.97 bits per heavy atom. The molecule has 1 fully saturated rings. The van der Waals surface area contributed by atoms with E-state index in [0.29, 0.717) is 5.75 Å². The predicted molar refractivity (Wildman–Crippen MR) is 114 cm³/mol. The number of carbonyl (C=O) groups is 2. The third kappa shape index (κ3) is 3.56. The van der Waals surface area contributed by atoms with Gasteiger partial charge in [-0.3, -0.25) is 4.79 Å². The normalized spacial score (nSPS) is 24.6. The Morgan fingerprint density at radius 1 is 1.20 bits per heavy atom. The molecule has 1 aromatic carbocycles. The average molecular weight is 428 g/mol. The number of ether oxygens (including phenoxy) is 1. The summed E-state index contributed by atoms with van der Waals surface area (Å²) in [7, 11) is -1.93. The Kier molecular flexibility index (Phi) is 5.27. The van der Waals surface area contributed by atoms with Gasteiger partial charge >= 0.3 is 6.03 Å². The Labute approximate surface area is 176 Å². The van der Waals surface area contributed by atoms with Gasteiger partial charge in [0.1, 0.15) is 5.75 Å². The van der Waals surface area contributed by atoms with E-state index in [9.17, 15) is 13.8 Å². The predicted octanol–water partition coefficient (Wildman–Crippen LogP) is 4.38. The molecule has 0 radical (unpaired) electrons. The molecule has 0 aromatic heterocycles. The molecule has 30 heavy (non-hydrogen) atoms. The van der Waals surface area contributed by atoms with Crippen LogP contribution in [0.4, 0.5) is 4.79 Å². The molecular formula is C22H25N3O4S. The number of rotatable bonds is 4. The highest BCUT2D eigenvalue weighted by Crippen LogP contribution is 2.38. The fraction of sp³-hybridized carbons (Fsp3) is 0.364. The smallest absolute Gasteiger partial charge is 0.331 e. The summed E-state index contributed by atoms with van der Waals surface area (Å²) < 4.78 is 24.7. The number of urea groups is 1. The molecule has 7 nitrogen and oxygen atoms in total. The van der Waals surface area contributed by atoms with E-state index in [0.717, 1.165) is 60.9 Å². The molecule has 1 atom stereocenters. The molecule has 8 heteroatoms. The molecule has 3 amide bonds. The van der Waals surface area contributed by atoms with Crippen LogP contribution in [0.5, 0.6) is 5.75 Å². The molecule has 3 aliphatic rings. The van der Waals surface area contributed by atoms with E-state index in [-0.39, 0.29) is 10.5 Å². The zero-order valence-electron chi connectivity index (χ0n) is 17.2. The zero-order valence-corrected chi connectivity index (χ0v) is 18.0. The lowest BCUT2D eigenvalue weighted by molar-refractivity contribution is 0.101. The third-order valence-electron chi connectivity index (χ3n) is 5.83. The van der Waals surface area contributed by atoms with Crippen molar-refractivity contribution in [3.8, 4) is 5.75 Å². The van der Waals surface area contributed by atoms with E-state index < -0.39 is 21.9 Å². The molecule has 158 valence electrons. The SMILES string of the molecule is C=C1CCC/C1=C(\NC(=O)NS1(=O)=NC(=O)c2cc(OC)ccc21)C1=C(C)CCC1. The zero-order chi connectivity index (χ0) is 21.5. The monoisotopic (exact) mass is 427 g/mol. The van der Waals surface area contributed by atoms with Crippen molar-refractivity contribution in [3.05, 3.63) is 58.3 Å². The Bertz CT molecular complexity index is 1150. The van der Waals surface area contributed by atoms with Gasteiger partial charge in [-0.2, -0.15) is 0 Å². The molecule has 1 saturated carbocycles. The van der Waals surface area contributed by atoms with Crippen LogP contribution in [0.2, 0.25) is 0 Å². The van der Waals surface area contributed by atoms with Crippen molar-refractivity contribution in [3.63, 3.8) is 0 Å². The van der Waals surface area contributed by atoms with Crippen LogP contribution in [0.25, 0.3) is 0 Å². The minimum absolute atomic E-state index is 0.178. The summed E-state index contributed by atoms with van der Waals surface area (Å²) in [6, 6.07) is 3.94. The summed E-state index contributed by atoms with van der Waals surface area (Å²) in [6.45, 7) is 6.23. The topological polar surface area (TPSA) is 96.9 Å². The summed E-state index contributed by atoms with van der Waals surface area (Å²) in [4.78, 5) is 25.3. The highest BCUT2D eigenvalue weighted by atomic mass is 32.2. The highest BCUT2D eigenvalue weighted by molar-refractivity contribution is 7.93. The first kappa shape index (κ1) is 20.4. The molecule has 0 spiro atoms. The standard InChI is InChI=1S/C22H25N3O4S/c1-13-6-4-8-16(13)20(17-9-5-7-14(17)2)23-22(27)25-30(28)19-11-10-15(29-3)12-18(19)21(26)24-30/h10-12H,1,4-9H2,2-3H3,(H2,23,24,25,26,27,28)/b20-16+. The van der Waals surface area contributed by atoms with Crippen LogP contribution < -0.4 is 14.8 Å². The van der Waals surface area contributed by atoms with Gasteiger partial charge in [-0.25, -0.2) is 13.7 Å². The van der Waals surface area contributed by atoms with Crippen molar-refractivity contribution < 1.29 is 18.5 Å². The molecule has 2 aliphatic carbocycles. The third-order valence-corrected chi connectivity index (χ3v) is 7.66. The quantitative estimate of drug-likeness (QED) is 0.745. The first-order chi connectivity index (χ1) is 14.3. The van der Waals surface area contributed by atoms with Crippen molar-refractivity contribution in [1.29, 1.82) is 0 Å². The van der Waals surface area contributed by atoms with Crippen molar-refractivity contribution in [2.45, 2.75) is 50.3 Å². The lowest BCUT2D eigenvalue weighted by Gasteiger charge is -2.18. The minimum Gasteiger partial charge on any atom is -0.497 e. The van der Waals surface area contributed by atoms with Gasteiger partial charge in [0.25, 0.3) is 5.91 Å². The molecule has 1 unspecified atom stereocenters. The number of carbonyl (C=O) groups excluding carboxylic acids is 2. The van der Waals surface area contributed by atoms with E-state index in [1.807, 2.05) is 0 Å². The molecule has 0 bridgehead atoms. The van der Waals surface area contributed by atoms with Gasteiger partial charge in [0.15, 0.2) is 9.92 Å².